The Morgan fingerprint density at radius 2 is 1.50 bits per heavy atom. The maximum Gasteiger partial charge on any atom is 0.309 e. The van der Waals surface area contributed by atoms with Gasteiger partial charge in [-0.05, 0) is 24.0 Å². The number of aliphatic carboxylic acids is 1. The lowest BCUT2D eigenvalue weighted by Crippen LogP contribution is -2.07. The van der Waals surface area contributed by atoms with Crippen LogP contribution in [-0.2, 0) is 24.2 Å². The van der Waals surface area contributed by atoms with Crippen LogP contribution in [0.25, 0.3) is 22.3 Å². The highest BCUT2D eigenvalue weighted by Gasteiger charge is 2.28. The normalized spacial score (nSPS) is 13.0. The minimum Gasteiger partial charge on any atom is -0.481 e. The number of hydrogen-bond donors (Lipinski definition) is 1. The number of fused-ring (bicyclic) bond motifs is 1. The number of carbonyl (C=O) groups is 1. The van der Waals surface area contributed by atoms with Crippen LogP contribution in [0.15, 0.2) is 60.7 Å². The van der Waals surface area contributed by atoms with Crippen LogP contribution in [0.4, 0.5) is 0 Å². The number of rotatable bonds is 4. The van der Waals surface area contributed by atoms with E-state index in [9.17, 15) is 9.90 Å². The summed E-state index contributed by atoms with van der Waals surface area (Å²) >= 11 is 0. The van der Waals surface area contributed by atoms with Crippen LogP contribution in [0.1, 0.15) is 17.8 Å². The predicted octanol–water partition coefficient (Wildman–Crippen LogP) is 4.40. The Morgan fingerprint density at radius 1 is 0.917 bits per heavy atom. The van der Waals surface area contributed by atoms with Crippen molar-refractivity contribution in [2.45, 2.75) is 25.8 Å². The van der Waals surface area contributed by atoms with Crippen molar-refractivity contribution in [3.8, 4) is 22.3 Å². The van der Waals surface area contributed by atoms with Gasteiger partial charge in [-0.15, -0.1) is 0 Å². The molecule has 0 aliphatic carbocycles. The van der Waals surface area contributed by atoms with Crippen molar-refractivity contribution < 1.29 is 9.90 Å². The van der Waals surface area contributed by atoms with Gasteiger partial charge in [0, 0.05) is 29.1 Å². The fraction of sp³-hybridized carbons (Fsp3) is 0.190. The third-order valence-electron chi connectivity index (χ3n) is 4.72. The third-order valence-corrected chi connectivity index (χ3v) is 4.72. The molecule has 0 atom stereocenters. The Labute approximate surface area is 141 Å². The lowest BCUT2D eigenvalue weighted by molar-refractivity contribution is -0.136. The molecule has 0 fully saturated rings. The van der Waals surface area contributed by atoms with Crippen molar-refractivity contribution in [1.82, 2.24) is 4.57 Å². The molecule has 1 N–H and O–H groups in total. The van der Waals surface area contributed by atoms with E-state index in [0.29, 0.717) is 0 Å². The second-order valence-corrected chi connectivity index (χ2v) is 6.20. The lowest BCUT2D eigenvalue weighted by Gasteiger charge is -2.10. The van der Waals surface area contributed by atoms with Gasteiger partial charge in [-0.25, -0.2) is 0 Å². The zero-order valence-electron chi connectivity index (χ0n) is 13.4. The molecule has 0 unspecified atom stereocenters. The van der Waals surface area contributed by atoms with Gasteiger partial charge in [0.1, 0.15) is 0 Å². The van der Waals surface area contributed by atoms with E-state index in [1.165, 1.54) is 16.8 Å². The molecule has 3 aromatic rings. The van der Waals surface area contributed by atoms with Crippen molar-refractivity contribution in [1.29, 1.82) is 0 Å². The second-order valence-electron chi connectivity index (χ2n) is 6.20. The van der Waals surface area contributed by atoms with Gasteiger partial charge < -0.3 is 9.67 Å². The van der Waals surface area contributed by atoms with Gasteiger partial charge >= 0.3 is 5.97 Å². The average Bonchev–Trinajstić information content (AvgIpc) is 3.18. The summed E-state index contributed by atoms with van der Waals surface area (Å²) in [4.78, 5) is 11.5. The number of carboxylic acids is 1. The smallest absolute Gasteiger partial charge is 0.309 e. The molecule has 24 heavy (non-hydrogen) atoms. The van der Waals surface area contributed by atoms with E-state index in [2.05, 4.69) is 28.8 Å². The highest BCUT2D eigenvalue weighted by Crippen LogP contribution is 2.42. The van der Waals surface area contributed by atoms with Gasteiger partial charge in [0.05, 0.1) is 6.42 Å². The van der Waals surface area contributed by atoms with Crippen molar-refractivity contribution in [2.75, 3.05) is 0 Å². The van der Waals surface area contributed by atoms with E-state index in [1.54, 1.807) is 0 Å². The Morgan fingerprint density at radius 3 is 2.08 bits per heavy atom. The molecule has 0 radical (unpaired) electrons. The molecular formula is C21H19NO2. The molecule has 0 bridgehead atoms. The number of nitrogens with zero attached hydrogens (tertiary/aromatic N) is 1. The van der Waals surface area contributed by atoms with E-state index in [-0.39, 0.29) is 6.42 Å². The van der Waals surface area contributed by atoms with Crippen molar-refractivity contribution in [3.63, 3.8) is 0 Å². The maximum atomic E-state index is 11.5. The van der Waals surface area contributed by atoms with Gasteiger partial charge in [-0.1, -0.05) is 60.7 Å². The van der Waals surface area contributed by atoms with Crippen LogP contribution in [-0.4, -0.2) is 15.6 Å². The quantitative estimate of drug-likeness (QED) is 0.775. The van der Waals surface area contributed by atoms with Gasteiger partial charge in [-0.2, -0.15) is 0 Å². The van der Waals surface area contributed by atoms with Gasteiger partial charge in [0.25, 0.3) is 0 Å². The number of aromatic nitrogens is 1. The molecule has 0 saturated carbocycles. The topological polar surface area (TPSA) is 42.2 Å². The van der Waals surface area contributed by atoms with Crippen LogP contribution in [0.2, 0.25) is 0 Å². The fourth-order valence-corrected chi connectivity index (χ4v) is 3.81. The zero-order chi connectivity index (χ0) is 16.5. The summed E-state index contributed by atoms with van der Waals surface area (Å²) in [6.45, 7) is 0.907. The molecule has 0 spiro atoms. The van der Waals surface area contributed by atoms with Crippen molar-refractivity contribution >= 4 is 5.97 Å². The van der Waals surface area contributed by atoms with Crippen LogP contribution in [0, 0.1) is 0 Å². The SMILES string of the molecule is O=C(O)Cc1c(-c2ccccc2)c(-c2ccccc2)c2n1CCC2. The van der Waals surface area contributed by atoms with Crippen LogP contribution >= 0.6 is 0 Å². The molecule has 3 nitrogen and oxygen atoms in total. The lowest BCUT2D eigenvalue weighted by atomic mass is 9.93. The summed E-state index contributed by atoms with van der Waals surface area (Å²) < 4.78 is 2.23. The van der Waals surface area contributed by atoms with E-state index in [4.69, 9.17) is 0 Å². The maximum absolute atomic E-state index is 11.5. The first-order valence-corrected chi connectivity index (χ1v) is 8.32. The molecule has 0 saturated heterocycles. The average molecular weight is 317 g/mol. The summed E-state index contributed by atoms with van der Waals surface area (Å²) in [5.74, 6) is -0.779. The molecule has 3 heteroatoms. The molecule has 1 aliphatic rings. The van der Waals surface area contributed by atoms with Crippen LogP contribution < -0.4 is 0 Å². The molecular weight excluding hydrogens is 298 g/mol. The Kier molecular flexibility index (Phi) is 3.69. The largest absolute Gasteiger partial charge is 0.481 e. The summed E-state index contributed by atoms with van der Waals surface area (Å²) in [5.41, 5.74) is 6.75. The summed E-state index contributed by atoms with van der Waals surface area (Å²) in [6.07, 6.45) is 2.14. The number of benzene rings is 2. The monoisotopic (exact) mass is 317 g/mol. The molecule has 120 valence electrons. The van der Waals surface area contributed by atoms with Gasteiger partial charge in [0.2, 0.25) is 0 Å². The molecule has 1 aromatic heterocycles. The Balaban J connectivity index is 2.03. The summed E-state index contributed by atoms with van der Waals surface area (Å²) in [5, 5.41) is 9.44. The van der Waals surface area contributed by atoms with E-state index < -0.39 is 5.97 Å². The first kappa shape index (κ1) is 14.8. The summed E-state index contributed by atoms with van der Waals surface area (Å²) in [7, 11) is 0. The van der Waals surface area contributed by atoms with E-state index in [0.717, 1.165) is 36.2 Å². The highest BCUT2D eigenvalue weighted by atomic mass is 16.4. The predicted molar refractivity (Wildman–Crippen MR) is 95.0 cm³/mol. The van der Waals surface area contributed by atoms with Crippen molar-refractivity contribution in [3.05, 3.63) is 72.1 Å². The van der Waals surface area contributed by atoms with Gasteiger partial charge in [-0.3, -0.25) is 4.79 Å². The first-order valence-electron chi connectivity index (χ1n) is 8.32. The third kappa shape index (κ3) is 2.42. The van der Waals surface area contributed by atoms with E-state index in [1.807, 2.05) is 36.4 Å². The van der Waals surface area contributed by atoms with Crippen molar-refractivity contribution in [2.24, 2.45) is 0 Å². The van der Waals surface area contributed by atoms with Crippen LogP contribution in [0.3, 0.4) is 0 Å². The van der Waals surface area contributed by atoms with E-state index >= 15 is 0 Å². The zero-order valence-corrected chi connectivity index (χ0v) is 13.4. The minimum absolute atomic E-state index is 0.0596. The fourth-order valence-electron chi connectivity index (χ4n) is 3.81. The standard InChI is InChI=1S/C21H19NO2/c23-19(24)14-18-21(16-10-5-2-6-11-16)20(15-8-3-1-4-9-15)17-12-7-13-22(17)18/h1-6,8-11H,7,12-14H2,(H,23,24). The Hall–Kier alpha value is -2.81. The molecule has 0 amide bonds. The minimum atomic E-state index is -0.779. The summed E-state index contributed by atoms with van der Waals surface area (Å²) in [6, 6.07) is 20.5. The molecule has 1 aliphatic heterocycles. The highest BCUT2D eigenvalue weighted by molar-refractivity contribution is 5.90. The number of hydrogen-bond acceptors (Lipinski definition) is 1. The molecule has 2 aromatic carbocycles. The first-order chi connectivity index (χ1) is 11.8. The number of carboxylic acid groups (broad SMARTS) is 1. The van der Waals surface area contributed by atoms with Crippen LogP contribution in [0.5, 0.6) is 0 Å². The van der Waals surface area contributed by atoms with Gasteiger partial charge in [0.15, 0.2) is 0 Å². The molecule has 2 heterocycles. The second kappa shape index (κ2) is 6.00. The molecule has 4 rings (SSSR count). The Bertz CT molecular complexity index is 879.